The summed E-state index contributed by atoms with van der Waals surface area (Å²) in [6.45, 7) is 0. The number of carbonyl (C=O) groups excluding carboxylic acids is 1. The molecule has 114 valence electrons. The molecule has 0 heterocycles. The zero-order valence-electron chi connectivity index (χ0n) is 11.5. The summed E-state index contributed by atoms with van der Waals surface area (Å²) < 4.78 is 0.909. The molecule has 0 aliphatic heterocycles. The molecule has 7 heteroatoms. The summed E-state index contributed by atoms with van der Waals surface area (Å²) in [5.74, 6) is -0.363. The Balaban J connectivity index is 2.49. The Morgan fingerprint density at radius 2 is 2.14 bits per heavy atom. The summed E-state index contributed by atoms with van der Waals surface area (Å²) >= 11 is 4.93. The van der Waals surface area contributed by atoms with Crippen LogP contribution >= 0.6 is 27.7 Å². The molecule has 0 saturated heterocycles. The van der Waals surface area contributed by atoms with Crippen LogP contribution in [0.25, 0.3) is 6.08 Å². The molecule has 0 saturated carbocycles. The molecule has 1 atom stereocenters. The summed E-state index contributed by atoms with van der Waals surface area (Å²) in [5.41, 5.74) is 0.912. The molecule has 1 unspecified atom stereocenters. The molecular weight excluding hydrogens is 356 g/mol. The van der Waals surface area contributed by atoms with Gasteiger partial charge in [0.25, 0.3) is 0 Å². The van der Waals surface area contributed by atoms with Gasteiger partial charge in [0, 0.05) is 10.7 Å². The van der Waals surface area contributed by atoms with Gasteiger partial charge in [-0.25, -0.2) is 9.59 Å². The molecule has 0 spiro atoms. The van der Waals surface area contributed by atoms with E-state index in [9.17, 15) is 9.59 Å². The van der Waals surface area contributed by atoms with Gasteiger partial charge in [-0.1, -0.05) is 34.1 Å². The van der Waals surface area contributed by atoms with Crippen LogP contribution in [0.5, 0.6) is 0 Å². The Bertz CT molecular complexity index is 523. The topological polar surface area (TPSA) is 78.4 Å². The lowest BCUT2D eigenvalue weighted by atomic mass is 10.2. The minimum atomic E-state index is -1.03. The van der Waals surface area contributed by atoms with Crippen molar-refractivity contribution in [2.24, 2.45) is 0 Å². The molecule has 0 aromatic heterocycles. The van der Waals surface area contributed by atoms with E-state index >= 15 is 0 Å². The summed E-state index contributed by atoms with van der Waals surface area (Å²) in [7, 11) is 0. The van der Waals surface area contributed by atoms with Crippen molar-refractivity contribution in [1.82, 2.24) is 10.6 Å². The zero-order chi connectivity index (χ0) is 15.7. The summed E-state index contributed by atoms with van der Waals surface area (Å²) in [6, 6.07) is 6.14. The van der Waals surface area contributed by atoms with E-state index in [0.29, 0.717) is 12.2 Å². The number of carboxylic acids is 1. The molecule has 0 aliphatic carbocycles. The van der Waals surface area contributed by atoms with E-state index in [1.54, 1.807) is 6.08 Å². The molecule has 21 heavy (non-hydrogen) atoms. The van der Waals surface area contributed by atoms with Gasteiger partial charge in [-0.05, 0) is 36.1 Å². The Labute approximate surface area is 136 Å². The van der Waals surface area contributed by atoms with E-state index in [4.69, 9.17) is 5.11 Å². The van der Waals surface area contributed by atoms with Crippen LogP contribution in [0.15, 0.2) is 34.9 Å². The Morgan fingerprint density at radius 3 is 2.76 bits per heavy atom. The molecule has 3 N–H and O–H groups in total. The second-order valence-corrected chi connectivity index (χ2v) is 5.98. The number of hydrogen-bond donors (Lipinski definition) is 3. The van der Waals surface area contributed by atoms with E-state index in [-0.39, 0.29) is 0 Å². The maximum Gasteiger partial charge on any atom is 0.326 e. The van der Waals surface area contributed by atoms with Gasteiger partial charge in [-0.2, -0.15) is 11.8 Å². The fourth-order valence-electron chi connectivity index (χ4n) is 1.51. The highest BCUT2D eigenvalue weighted by Gasteiger charge is 2.18. The number of hydrogen-bond acceptors (Lipinski definition) is 3. The van der Waals surface area contributed by atoms with Crippen molar-refractivity contribution in [2.45, 2.75) is 12.5 Å². The van der Waals surface area contributed by atoms with Gasteiger partial charge in [0.1, 0.15) is 6.04 Å². The standard InChI is InChI=1S/C14H17BrN2O3S/c1-21-9-7-12(13(18)19)17-14(20)16-8-6-10-4-2-3-5-11(10)15/h2-6,8,12H,7,9H2,1H3,(H,18,19)(H2,16,17,20)/b8-6+. The number of benzene rings is 1. The molecule has 0 fully saturated rings. The Morgan fingerprint density at radius 1 is 1.43 bits per heavy atom. The van der Waals surface area contributed by atoms with Gasteiger partial charge < -0.3 is 15.7 Å². The molecule has 0 aliphatic rings. The largest absolute Gasteiger partial charge is 0.480 e. The molecule has 5 nitrogen and oxygen atoms in total. The highest BCUT2D eigenvalue weighted by Crippen LogP contribution is 2.16. The quantitative estimate of drug-likeness (QED) is 0.687. The lowest BCUT2D eigenvalue weighted by Gasteiger charge is -2.13. The number of thioether (sulfide) groups is 1. The highest BCUT2D eigenvalue weighted by molar-refractivity contribution is 9.10. The van der Waals surface area contributed by atoms with Crippen molar-refractivity contribution in [2.75, 3.05) is 12.0 Å². The lowest BCUT2D eigenvalue weighted by Crippen LogP contribution is -2.44. The average molecular weight is 373 g/mol. The van der Waals surface area contributed by atoms with Crippen LogP contribution in [-0.2, 0) is 4.79 Å². The average Bonchev–Trinajstić information content (AvgIpc) is 2.45. The smallest absolute Gasteiger partial charge is 0.326 e. The van der Waals surface area contributed by atoms with Crippen LogP contribution in [0.4, 0.5) is 4.79 Å². The number of carboxylic acid groups (broad SMARTS) is 1. The third-order valence-electron chi connectivity index (χ3n) is 2.60. The predicted octanol–water partition coefficient (Wildman–Crippen LogP) is 2.93. The maximum atomic E-state index is 11.6. The van der Waals surface area contributed by atoms with Gasteiger partial charge >= 0.3 is 12.0 Å². The SMILES string of the molecule is CSCCC(NC(=O)N/C=C/c1ccccc1Br)C(=O)O. The van der Waals surface area contributed by atoms with Crippen molar-refractivity contribution in [3.63, 3.8) is 0 Å². The lowest BCUT2D eigenvalue weighted by molar-refractivity contribution is -0.139. The van der Waals surface area contributed by atoms with Crippen molar-refractivity contribution in [3.8, 4) is 0 Å². The van der Waals surface area contributed by atoms with Crippen molar-refractivity contribution >= 4 is 45.8 Å². The van der Waals surface area contributed by atoms with Crippen molar-refractivity contribution in [1.29, 1.82) is 0 Å². The van der Waals surface area contributed by atoms with Crippen molar-refractivity contribution in [3.05, 3.63) is 40.5 Å². The van der Waals surface area contributed by atoms with Crippen LogP contribution in [0.2, 0.25) is 0 Å². The third kappa shape index (κ3) is 6.68. The van der Waals surface area contributed by atoms with Gasteiger partial charge in [0.2, 0.25) is 0 Å². The van der Waals surface area contributed by atoms with Gasteiger partial charge in [-0.3, -0.25) is 0 Å². The molecule has 0 radical (unpaired) electrons. The minimum absolute atomic E-state index is 0.387. The molecule has 0 bridgehead atoms. The van der Waals surface area contributed by atoms with Crippen LogP contribution in [-0.4, -0.2) is 35.2 Å². The number of rotatable bonds is 7. The van der Waals surface area contributed by atoms with Crippen LogP contribution in [0, 0.1) is 0 Å². The number of nitrogens with one attached hydrogen (secondary N) is 2. The third-order valence-corrected chi connectivity index (χ3v) is 3.96. The summed E-state index contributed by atoms with van der Waals surface area (Å²) in [6.07, 6.45) is 5.47. The molecule has 2 amide bonds. The van der Waals surface area contributed by atoms with E-state index in [1.165, 1.54) is 18.0 Å². The van der Waals surface area contributed by atoms with E-state index in [0.717, 1.165) is 10.0 Å². The van der Waals surface area contributed by atoms with E-state index in [2.05, 4.69) is 26.6 Å². The maximum absolute atomic E-state index is 11.6. The number of aliphatic carboxylic acids is 1. The second kappa shape index (κ2) is 9.46. The first kappa shape index (κ1) is 17.6. The Hall–Kier alpha value is -1.47. The van der Waals surface area contributed by atoms with Crippen LogP contribution in [0.3, 0.4) is 0 Å². The van der Waals surface area contributed by atoms with Gasteiger partial charge in [0.15, 0.2) is 0 Å². The summed E-state index contributed by atoms with van der Waals surface area (Å²) in [4.78, 5) is 22.6. The van der Waals surface area contributed by atoms with E-state index < -0.39 is 18.0 Å². The first-order valence-corrected chi connectivity index (χ1v) is 8.43. The van der Waals surface area contributed by atoms with Crippen LogP contribution in [0.1, 0.15) is 12.0 Å². The van der Waals surface area contributed by atoms with Crippen LogP contribution < -0.4 is 10.6 Å². The monoisotopic (exact) mass is 372 g/mol. The van der Waals surface area contributed by atoms with E-state index in [1.807, 2.05) is 30.5 Å². The Kier molecular flexibility index (Phi) is 7.92. The zero-order valence-corrected chi connectivity index (χ0v) is 13.9. The molecule has 1 aromatic carbocycles. The number of amides is 2. The fourth-order valence-corrected chi connectivity index (χ4v) is 2.40. The summed E-state index contributed by atoms with van der Waals surface area (Å²) in [5, 5.41) is 13.9. The van der Waals surface area contributed by atoms with Crippen molar-refractivity contribution < 1.29 is 14.7 Å². The molecular formula is C14H17BrN2O3S. The number of carbonyl (C=O) groups is 2. The molecule has 1 aromatic rings. The fraction of sp³-hybridized carbons (Fsp3) is 0.286. The molecule has 1 rings (SSSR count). The predicted molar refractivity (Wildman–Crippen MR) is 89.3 cm³/mol. The number of urea groups is 1. The minimum Gasteiger partial charge on any atom is -0.480 e. The highest BCUT2D eigenvalue weighted by atomic mass is 79.9. The number of halogens is 1. The van der Waals surface area contributed by atoms with Gasteiger partial charge in [0.05, 0.1) is 0 Å². The first-order chi connectivity index (χ1) is 10.0. The first-order valence-electron chi connectivity index (χ1n) is 6.24. The normalized spacial score (nSPS) is 12.1. The second-order valence-electron chi connectivity index (χ2n) is 4.14. The van der Waals surface area contributed by atoms with Gasteiger partial charge in [-0.15, -0.1) is 0 Å².